The quantitative estimate of drug-likeness (QED) is 0.763. The van der Waals surface area contributed by atoms with Crippen LogP contribution in [0, 0.1) is 11.6 Å². The van der Waals surface area contributed by atoms with Crippen LogP contribution in [0.5, 0.6) is 0 Å². The van der Waals surface area contributed by atoms with E-state index in [0.717, 1.165) is 0 Å². The average Bonchev–Trinajstić information content (AvgIpc) is 2.01. The van der Waals surface area contributed by atoms with Crippen molar-refractivity contribution in [1.82, 2.24) is 0 Å². The molecule has 1 N–H and O–H groups in total. The molecule has 0 aliphatic carbocycles. The van der Waals surface area contributed by atoms with Gasteiger partial charge in [0.15, 0.2) is 0 Å². The minimum atomic E-state index is -1.33. The van der Waals surface area contributed by atoms with Crippen molar-refractivity contribution in [3.63, 3.8) is 0 Å². The first-order valence-electron chi connectivity index (χ1n) is 4.58. The average molecular weight is 215 g/mol. The zero-order chi connectivity index (χ0) is 10.8. The molecule has 0 fully saturated rings. The van der Waals surface area contributed by atoms with E-state index in [9.17, 15) is 8.78 Å². The molecule has 0 heterocycles. The van der Waals surface area contributed by atoms with Crippen molar-refractivity contribution in [3.05, 3.63) is 29.8 Å². The highest BCUT2D eigenvalue weighted by Crippen LogP contribution is 2.18. The van der Waals surface area contributed by atoms with Gasteiger partial charge in [0, 0.05) is 6.17 Å². The van der Waals surface area contributed by atoms with Crippen molar-refractivity contribution in [2.24, 2.45) is 0 Å². The Morgan fingerprint density at radius 2 is 1.64 bits per heavy atom. The van der Waals surface area contributed by atoms with Crippen LogP contribution >= 0.6 is 0 Å². The van der Waals surface area contributed by atoms with Crippen LogP contribution < -0.4 is 5.32 Å². The van der Waals surface area contributed by atoms with Crippen LogP contribution in [0.4, 0.5) is 14.5 Å². The van der Waals surface area contributed by atoms with E-state index in [2.05, 4.69) is 25.0 Å². The van der Waals surface area contributed by atoms with E-state index in [1.54, 1.807) is 0 Å². The van der Waals surface area contributed by atoms with Gasteiger partial charge < -0.3 is 5.32 Å². The second-order valence-corrected chi connectivity index (χ2v) is 9.99. The Morgan fingerprint density at radius 3 is 2.07 bits per heavy atom. The van der Waals surface area contributed by atoms with Gasteiger partial charge in [0.1, 0.15) is 17.3 Å². The van der Waals surface area contributed by atoms with Crippen molar-refractivity contribution in [2.75, 3.05) is 11.5 Å². The number of halogens is 2. The van der Waals surface area contributed by atoms with E-state index < -0.39 is 19.7 Å². The van der Waals surface area contributed by atoms with Gasteiger partial charge in [0.25, 0.3) is 0 Å². The normalized spacial score (nSPS) is 11.5. The lowest BCUT2D eigenvalue weighted by atomic mass is 10.3. The fourth-order valence-corrected chi connectivity index (χ4v) is 1.73. The first-order chi connectivity index (χ1) is 6.40. The summed E-state index contributed by atoms with van der Waals surface area (Å²) >= 11 is 0. The Hall–Kier alpha value is -0.903. The van der Waals surface area contributed by atoms with Crippen molar-refractivity contribution in [1.29, 1.82) is 0 Å². The summed E-state index contributed by atoms with van der Waals surface area (Å²) in [5, 5.41) is 2.83. The number of rotatable bonds is 3. The zero-order valence-corrected chi connectivity index (χ0v) is 9.70. The van der Waals surface area contributed by atoms with Gasteiger partial charge in [0.2, 0.25) is 0 Å². The van der Waals surface area contributed by atoms with Crippen molar-refractivity contribution in [2.45, 2.75) is 19.6 Å². The number of benzene rings is 1. The fourth-order valence-electron chi connectivity index (χ4n) is 1.02. The van der Waals surface area contributed by atoms with Gasteiger partial charge in [-0.1, -0.05) is 25.7 Å². The SMILES string of the molecule is C[Si](C)(C)CNc1c(F)cccc1F. The first-order valence-corrected chi connectivity index (χ1v) is 8.29. The molecule has 0 aliphatic heterocycles. The third-order valence-electron chi connectivity index (χ3n) is 1.76. The molecule has 0 saturated heterocycles. The maximum Gasteiger partial charge on any atom is 0.149 e. The number of hydrogen-bond donors (Lipinski definition) is 1. The highest BCUT2D eigenvalue weighted by Gasteiger charge is 2.15. The molecule has 4 heteroatoms. The Balaban J connectivity index is 2.77. The molecule has 14 heavy (non-hydrogen) atoms. The van der Waals surface area contributed by atoms with Crippen LogP contribution in [0.15, 0.2) is 18.2 Å². The van der Waals surface area contributed by atoms with Crippen LogP contribution in [0.3, 0.4) is 0 Å². The number of anilines is 1. The summed E-state index contributed by atoms with van der Waals surface area (Å²) in [6.07, 6.45) is 0.671. The highest BCUT2D eigenvalue weighted by molar-refractivity contribution is 6.76. The van der Waals surface area contributed by atoms with Crippen LogP contribution in [0.1, 0.15) is 0 Å². The largest absolute Gasteiger partial charge is 0.383 e. The summed E-state index contributed by atoms with van der Waals surface area (Å²) in [6, 6.07) is 3.88. The standard InChI is InChI=1S/C10H15F2NSi/c1-14(2,3)7-13-10-8(11)5-4-6-9(10)12/h4-6,13H,7H2,1-3H3. The molecular weight excluding hydrogens is 200 g/mol. The van der Waals surface area contributed by atoms with Crippen LogP contribution in [0.25, 0.3) is 0 Å². The molecule has 0 aromatic heterocycles. The van der Waals surface area contributed by atoms with Crippen molar-refractivity contribution >= 4 is 13.8 Å². The maximum absolute atomic E-state index is 13.1. The molecule has 0 unspecified atom stereocenters. The van der Waals surface area contributed by atoms with Gasteiger partial charge in [0.05, 0.1) is 8.07 Å². The minimum Gasteiger partial charge on any atom is -0.383 e. The first kappa shape index (κ1) is 11.2. The van der Waals surface area contributed by atoms with Gasteiger partial charge in [-0.15, -0.1) is 0 Å². The molecule has 0 amide bonds. The fraction of sp³-hybridized carbons (Fsp3) is 0.400. The van der Waals surface area contributed by atoms with Crippen molar-refractivity contribution < 1.29 is 8.78 Å². The van der Waals surface area contributed by atoms with E-state index in [1.165, 1.54) is 18.2 Å². The van der Waals surface area contributed by atoms with E-state index >= 15 is 0 Å². The summed E-state index contributed by atoms with van der Waals surface area (Å²) in [5.41, 5.74) is -0.00470. The summed E-state index contributed by atoms with van der Waals surface area (Å²) < 4.78 is 26.3. The van der Waals surface area contributed by atoms with Gasteiger partial charge in [-0.05, 0) is 12.1 Å². The monoisotopic (exact) mass is 215 g/mol. The van der Waals surface area contributed by atoms with Crippen LogP contribution in [-0.4, -0.2) is 14.2 Å². The summed E-state index contributed by atoms with van der Waals surface area (Å²) in [5.74, 6) is -1.05. The van der Waals surface area contributed by atoms with Gasteiger partial charge in [-0.3, -0.25) is 0 Å². The molecule has 1 rings (SSSR count). The second kappa shape index (κ2) is 4.08. The molecule has 0 aliphatic rings. The van der Waals surface area contributed by atoms with Crippen LogP contribution in [0.2, 0.25) is 19.6 Å². The Bertz CT molecular complexity index is 300. The predicted molar refractivity (Wildman–Crippen MR) is 58.2 cm³/mol. The summed E-state index contributed by atoms with van der Waals surface area (Å²) in [4.78, 5) is 0. The van der Waals surface area contributed by atoms with Gasteiger partial charge in [-0.25, -0.2) is 8.78 Å². The molecule has 1 aromatic rings. The van der Waals surface area contributed by atoms with Crippen LogP contribution in [-0.2, 0) is 0 Å². The van der Waals surface area contributed by atoms with E-state index in [0.29, 0.717) is 6.17 Å². The third-order valence-corrected chi connectivity index (χ3v) is 3.00. The molecule has 1 nitrogen and oxygen atoms in total. The maximum atomic E-state index is 13.1. The Labute approximate surface area is 84.2 Å². The number of nitrogens with one attached hydrogen (secondary N) is 1. The zero-order valence-electron chi connectivity index (χ0n) is 8.70. The molecule has 0 bridgehead atoms. The molecular formula is C10H15F2NSi. The Morgan fingerprint density at radius 1 is 1.14 bits per heavy atom. The lowest BCUT2D eigenvalue weighted by Gasteiger charge is -2.18. The van der Waals surface area contributed by atoms with Gasteiger partial charge >= 0.3 is 0 Å². The lowest BCUT2D eigenvalue weighted by Crippen LogP contribution is -2.31. The minimum absolute atomic E-state index is 0.00470. The summed E-state index contributed by atoms with van der Waals surface area (Å²) in [6.45, 7) is 6.41. The molecule has 1 aromatic carbocycles. The summed E-state index contributed by atoms with van der Waals surface area (Å²) in [7, 11) is -1.33. The van der Waals surface area contributed by atoms with E-state index in [-0.39, 0.29) is 5.69 Å². The predicted octanol–water partition coefficient (Wildman–Crippen LogP) is 3.25. The molecule has 0 atom stereocenters. The molecule has 0 spiro atoms. The van der Waals surface area contributed by atoms with E-state index in [4.69, 9.17) is 0 Å². The number of hydrogen-bond acceptors (Lipinski definition) is 1. The Kier molecular flexibility index (Phi) is 3.26. The second-order valence-electron chi connectivity index (χ2n) is 4.51. The molecule has 0 saturated carbocycles. The van der Waals surface area contributed by atoms with Crippen molar-refractivity contribution in [3.8, 4) is 0 Å². The third kappa shape index (κ3) is 3.10. The van der Waals surface area contributed by atoms with Gasteiger partial charge in [-0.2, -0.15) is 0 Å². The topological polar surface area (TPSA) is 12.0 Å². The number of para-hydroxylation sites is 1. The van der Waals surface area contributed by atoms with E-state index in [1.807, 2.05) is 0 Å². The smallest absolute Gasteiger partial charge is 0.149 e. The molecule has 0 radical (unpaired) electrons. The molecule has 78 valence electrons. The lowest BCUT2D eigenvalue weighted by molar-refractivity contribution is 0.589. The highest BCUT2D eigenvalue weighted by atomic mass is 28.3.